The first-order valence-electron chi connectivity index (χ1n) is 10.5. The molecule has 8 heteroatoms. The quantitative estimate of drug-likeness (QED) is 0.423. The number of benzene rings is 1. The molecule has 29 heavy (non-hydrogen) atoms. The number of hydrogen-bond donors (Lipinski definition) is 2. The molecule has 158 valence electrons. The summed E-state index contributed by atoms with van der Waals surface area (Å²) in [6.07, 6.45) is 6.55. The first-order valence-corrected chi connectivity index (χ1v) is 10.9. The lowest BCUT2D eigenvalue weighted by Crippen LogP contribution is -2.29. The van der Waals surface area contributed by atoms with Crippen LogP contribution in [0.3, 0.4) is 0 Å². The third-order valence-corrected chi connectivity index (χ3v) is 5.94. The second kappa shape index (κ2) is 9.22. The van der Waals surface area contributed by atoms with E-state index in [1.54, 1.807) is 4.90 Å². The lowest BCUT2D eigenvalue weighted by Gasteiger charge is -2.14. The van der Waals surface area contributed by atoms with Gasteiger partial charge in [0.05, 0.1) is 17.7 Å². The molecule has 1 aromatic carbocycles. The van der Waals surface area contributed by atoms with Crippen LogP contribution in [-0.4, -0.2) is 49.7 Å². The highest BCUT2D eigenvalue weighted by atomic mass is 35.5. The van der Waals surface area contributed by atoms with Crippen LogP contribution in [0.4, 0.5) is 4.79 Å². The Balaban J connectivity index is 1.16. The number of urea groups is 1. The van der Waals surface area contributed by atoms with E-state index in [2.05, 4.69) is 10.6 Å². The summed E-state index contributed by atoms with van der Waals surface area (Å²) in [4.78, 5) is 24.2. The van der Waals surface area contributed by atoms with E-state index in [9.17, 15) is 9.59 Å². The van der Waals surface area contributed by atoms with Gasteiger partial charge in [0.2, 0.25) is 5.91 Å². The molecule has 2 N–H and O–H groups in total. The Morgan fingerprint density at radius 2 is 2.03 bits per heavy atom. The molecule has 1 aromatic rings. The Labute approximate surface area is 176 Å². The van der Waals surface area contributed by atoms with Crippen LogP contribution in [0, 0.1) is 5.92 Å². The van der Waals surface area contributed by atoms with E-state index in [-0.39, 0.29) is 24.5 Å². The number of imide groups is 1. The number of carbonyl (C=O) groups excluding carboxylic acids is 2. The maximum Gasteiger partial charge on any atom is 0.324 e. The monoisotopic (exact) mass is 421 g/mol. The predicted octanol–water partition coefficient (Wildman–Crippen LogP) is 3.26. The van der Waals surface area contributed by atoms with Crippen molar-refractivity contribution in [2.75, 3.05) is 32.8 Å². The normalized spacial score (nSPS) is 20.6. The molecule has 0 spiro atoms. The van der Waals surface area contributed by atoms with Crippen molar-refractivity contribution in [3.8, 4) is 11.5 Å². The Morgan fingerprint density at radius 3 is 2.79 bits per heavy atom. The third kappa shape index (κ3) is 5.14. The summed E-state index contributed by atoms with van der Waals surface area (Å²) in [6, 6.07) is 3.81. The number of hydrogen-bond acceptors (Lipinski definition) is 5. The zero-order valence-electron chi connectivity index (χ0n) is 16.5. The van der Waals surface area contributed by atoms with Gasteiger partial charge in [0.25, 0.3) is 0 Å². The largest absolute Gasteiger partial charge is 0.488 e. The molecule has 0 radical (unpaired) electrons. The zero-order valence-corrected chi connectivity index (χ0v) is 17.3. The fraction of sp³-hybridized carbons (Fsp3) is 0.619. The van der Waals surface area contributed by atoms with Gasteiger partial charge in [-0.05, 0) is 44.2 Å². The van der Waals surface area contributed by atoms with Crippen LogP contribution in [0.15, 0.2) is 12.1 Å². The van der Waals surface area contributed by atoms with E-state index in [0.717, 1.165) is 43.5 Å². The van der Waals surface area contributed by atoms with Gasteiger partial charge in [-0.3, -0.25) is 10.1 Å². The zero-order chi connectivity index (χ0) is 20.2. The lowest BCUT2D eigenvalue weighted by molar-refractivity contribution is -0.118. The minimum absolute atomic E-state index is 0.157. The maximum absolute atomic E-state index is 11.5. The molecule has 4 rings (SSSR count). The molecule has 2 aliphatic heterocycles. The Morgan fingerprint density at radius 1 is 1.21 bits per heavy atom. The van der Waals surface area contributed by atoms with Crippen molar-refractivity contribution in [1.29, 1.82) is 0 Å². The molecule has 1 saturated heterocycles. The minimum Gasteiger partial charge on any atom is -0.488 e. The highest BCUT2D eigenvalue weighted by Crippen LogP contribution is 2.45. The average Bonchev–Trinajstić information content (AvgIpc) is 3.35. The Bertz CT molecular complexity index is 769. The first kappa shape index (κ1) is 20.3. The van der Waals surface area contributed by atoms with E-state index in [0.29, 0.717) is 36.4 Å². The predicted molar refractivity (Wildman–Crippen MR) is 109 cm³/mol. The van der Waals surface area contributed by atoms with E-state index in [1.165, 1.54) is 12.8 Å². The summed E-state index contributed by atoms with van der Waals surface area (Å²) >= 11 is 6.33. The van der Waals surface area contributed by atoms with Crippen molar-refractivity contribution in [2.24, 2.45) is 5.92 Å². The smallest absolute Gasteiger partial charge is 0.324 e. The fourth-order valence-electron chi connectivity index (χ4n) is 3.74. The van der Waals surface area contributed by atoms with Gasteiger partial charge in [0.1, 0.15) is 13.2 Å². The molecular formula is C21H28ClN3O4. The van der Waals surface area contributed by atoms with Gasteiger partial charge in [0.15, 0.2) is 11.5 Å². The third-order valence-electron chi connectivity index (χ3n) is 5.64. The summed E-state index contributed by atoms with van der Waals surface area (Å²) in [5.41, 5.74) is 1.12. The molecule has 1 aliphatic carbocycles. The molecule has 3 amide bonds. The highest BCUT2D eigenvalue weighted by molar-refractivity contribution is 6.32. The topological polar surface area (TPSA) is 79.9 Å². The summed E-state index contributed by atoms with van der Waals surface area (Å²) in [7, 11) is 0. The summed E-state index contributed by atoms with van der Waals surface area (Å²) in [5.74, 6) is 1.93. The molecule has 2 fully saturated rings. The van der Waals surface area contributed by atoms with Crippen LogP contribution in [0.5, 0.6) is 11.5 Å². The number of ether oxygens (including phenoxy) is 2. The second-order valence-corrected chi connectivity index (χ2v) is 8.46. The van der Waals surface area contributed by atoms with Crippen LogP contribution in [0.2, 0.25) is 5.02 Å². The molecule has 7 nitrogen and oxygen atoms in total. The molecule has 1 atom stereocenters. The van der Waals surface area contributed by atoms with Crippen molar-refractivity contribution >= 4 is 23.5 Å². The van der Waals surface area contributed by atoms with Crippen LogP contribution in [-0.2, 0) is 4.79 Å². The van der Waals surface area contributed by atoms with E-state index in [1.807, 2.05) is 12.1 Å². The van der Waals surface area contributed by atoms with E-state index >= 15 is 0 Å². The number of carbonyl (C=O) groups is 2. The van der Waals surface area contributed by atoms with Gasteiger partial charge in [-0.1, -0.05) is 30.5 Å². The number of amides is 3. The molecule has 1 unspecified atom stereocenters. The lowest BCUT2D eigenvalue weighted by atomic mass is 10.1. The fourth-order valence-corrected chi connectivity index (χ4v) is 3.95. The SMILES string of the molecule is O=C1CN(CCCCCCNC2COc3c2ccc(Cl)c3OCC2CC2)C(=O)N1. The van der Waals surface area contributed by atoms with Gasteiger partial charge >= 0.3 is 6.03 Å². The van der Waals surface area contributed by atoms with Crippen LogP contribution in [0.25, 0.3) is 0 Å². The number of fused-ring (bicyclic) bond motifs is 1. The van der Waals surface area contributed by atoms with Crippen molar-refractivity contribution in [1.82, 2.24) is 15.5 Å². The number of nitrogens with one attached hydrogen (secondary N) is 2. The molecule has 0 aromatic heterocycles. The maximum atomic E-state index is 11.5. The second-order valence-electron chi connectivity index (χ2n) is 8.06. The number of unbranched alkanes of at least 4 members (excludes halogenated alkanes) is 3. The highest BCUT2D eigenvalue weighted by Gasteiger charge is 2.30. The number of rotatable bonds is 11. The molecule has 3 aliphatic rings. The molecule has 0 bridgehead atoms. The van der Waals surface area contributed by atoms with Gasteiger partial charge in [-0.15, -0.1) is 0 Å². The summed E-state index contributed by atoms with van der Waals surface area (Å²) in [5, 5.41) is 6.47. The number of halogens is 1. The standard InChI is InChI=1S/C21H28ClN3O4/c22-16-8-7-15-17(13-29-19(15)20(16)28-12-14-5-6-14)23-9-3-1-2-4-10-25-11-18(26)24-21(25)27/h7-8,14,17,23H,1-6,9-13H2,(H,24,26,27). The number of nitrogens with zero attached hydrogens (tertiary/aromatic N) is 1. The molecule has 2 heterocycles. The molecule has 1 saturated carbocycles. The van der Waals surface area contributed by atoms with Gasteiger partial charge in [-0.25, -0.2) is 4.79 Å². The Kier molecular flexibility index (Phi) is 6.45. The van der Waals surface area contributed by atoms with Gasteiger partial charge < -0.3 is 19.7 Å². The molecular weight excluding hydrogens is 394 g/mol. The van der Waals surface area contributed by atoms with Gasteiger partial charge in [0, 0.05) is 12.1 Å². The van der Waals surface area contributed by atoms with Crippen LogP contribution >= 0.6 is 11.6 Å². The van der Waals surface area contributed by atoms with Crippen LogP contribution < -0.4 is 20.1 Å². The van der Waals surface area contributed by atoms with Crippen molar-refractivity contribution in [3.63, 3.8) is 0 Å². The first-order chi connectivity index (χ1) is 14.1. The van der Waals surface area contributed by atoms with E-state index in [4.69, 9.17) is 21.1 Å². The minimum atomic E-state index is -0.267. The summed E-state index contributed by atoms with van der Waals surface area (Å²) < 4.78 is 11.8. The van der Waals surface area contributed by atoms with E-state index < -0.39 is 0 Å². The van der Waals surface area contributed by atoms with Crippen LogP contribution in [0.1, 0.15) is 50.1 Å². The summed E-state index contributed by atoms with van der Waals surface area (Å²) in [6.45, 7) is 3.03. The van der Waals surface area contributed by atoms with Gasteiger partial charge in [-0.2, -0.15) is 0 Å². The van der Waals surface area contributed by atoms with Crippen molar-refractivity contribution in [2.45, 2.75) is 44.6 Å². The Hall–Kier alpha value is -1.99. The van der Waals surface area contributed by atoms with Crippen molar-refractivity contribution in [3.05, 3.63) is 22.7 Å². The average molecular weight is 422 g/mol. The van der Waals surface area contributed by atoms with Crippen molar-refractivity contribution < 1.29 is 19.1 Å².